The molecule has 0 saturated heterocycles. The standard InChI is InChI=1S/C6H10.C2H6O2.H3O4P/c1-4-5-6(2)3;3-1-2-4;1-5(2,3)4/h4H,1-2,5H2,3H3;3-4H,1-2H2;(H3,1,2,3,4). The molecule has 0 radical (unpaired) electrons. The van der Waals surface area contributed by atoms with Gasteiger partial charge in [-0.1, -0.05) is 18.2 Å². The molecule has 0 amide bonds. The van der Waals surface area contributed by atoms with Gasteiger partial charge >= 0.3 is 7.82 Å². The van der Waals surface area contributed by atoms with Crippen LogP contribution in [-0.2, 0) is 4.57 Å². The van der Waals surface area contributed by atoms with E-state index < -0.39 is 7.82 Å². The normalized spacial score (nSPS) is 8.93. The van der Waals surface area contributed by atoms with Gasteiger partial charge in [0.15, 0.2) is 0 Å². The molecule has 0 aromatic heterocycles. The van der Waals surface area contributed by atoms with Crippen molar-refractivity contribution in [3.8, 4) is 0 Å². The van der Waals surface area contributed by atoms with E-state index in [0.717, 1.165) is 6.42 Å². The molecule has 0 rings (SSSR count). The zero-order chi connectivity index (χ0) is 12.9. The first-order valence-corrected chi connectivity index (χ1v) is 5.50. The highest BCUT2D eigenvalue weighted by Gasteiger charge is 2.00. The minimum Gasteiger partial charge on any atom is -0.394 e. The van der Waals surface area contributed by atoms with Crippen LogP contribution in [-0.4, -0.2) is 38.1 Å². The molecule has 5 N–H and O–H groups in total. The second kappa shape index (κ2) is 13.5. The van der Waals surface area contributed by atoms with E-state index in [4.69, 9.17) is 29.5 Å². The molecule has 0 bridgehead atoms. The molecule has 0 atom stereocenters. The van der Waals surface area contributed by atoms with Crippen LogP contribution >= 0.6 is 7.82 Å². The average molecular weight is 242 g/mol. The van der Waals surface area contributed by atoms with Crippen molar-refractivity contribution in [1.82, 2.24) is 0 Å². The van der Waals surface area contributed by atoms with E-state index in [1.807, 2.05) is 13.0 Å². The first kappa shape index (κ1) is 20.0. The topological polar surface area (TPSA) is 118 Å². The van der Waals surface area contributed by atoms with Crippen molar-refractivity contribution in [2.24, 2.45) is 0 Å². The van der Waals surface area contributed by atoms with Gasteiger partial charge in [0.05, 0.1) is 13.2 Å². The summed E-state index contributed by atoms with van der Waals surface area (Å²) in [5, 5.41) is 15.2. The molecular weight excluding hydrogens is 223 g/mol. The number of phosphoric acid groups is 1. The second-order valence-corrected chi connectivity index (χ2v) is 3.44. The maximum Gasteiger partial charge on any atom is 0.466 e. The van der Waals surface area contributed by atoms with Gasteiger partial charge in [-0.25, -0.2) is 4.57 Å². The molecule has 6 nitrogen and oxygen atoms in total. The zero-order valence-electron chi connectivity index (χ0n) is 8.70. The van der Waals surface area contributed by atoms with Crippen LogP contribution in [0.1, 0.15) is 13.3 Å². The van der Waals surface area contributed by atoms with Crippen molar-refractivity contribution in [3.63, 3.8) is 0 Å². The van der Waals surface area contributed by atoms with Crippen molar-refractivity contribution in [2.45, 2.75) is 13.3 Å². The lowest BCUT2D eigenvalue weighted by atomic mass is 10.2. The summed E-state index contributed by atoms with van der Waals surface area (Å²) in [4.78, 5) is 21.6. The van der Waals surface area contributed by atoms with Gasteiger partial charge in [-0.05, 0) is 13.3 Å². The van der Waals surface area contributed by atoms with E-state index in [1.165, 1.54) is 5.57 Å². The number of allylic oxidation sites excluding steroid dienone is 2. The first-order valence-electron chi connectivity index (χ1n) is 3.94. The van der Waals surface area contributed by atoms with Crippen molar-refractivity contribution in [2.75, 3.05) is 13.2 Å². The SMILES string of the molecule is C=CCC(=C)C.O=P(O)(O)O.OCCO. The molecule has 0 unspecified atom stereocenters. The fourth-order valence-corrected chi connectivity index (χ4v) is 0.246. The number of aliphatic hydroxyl groups is 2. The highest BCUT2D eigenvalue weighted by atomic mass is 31.2. The maximum absolute atomic E-state index is 8.88. The molecule has 0 aromatic carbocycles. The van der Waals surface area contributed by atoms with Gasteiger partial charge in [0.25, 0.3) is 0 Å². The number of hydrogen-bond donors (Lipinski definition) is 5. The Morgan fingerprint density at radius 2 is 1.53 bits per heavy atom. The minimum absolute atomic E-state index is 0.125. The smallest absolute Gasteiger partial charge is 0.394 e. The number of aliphatic hydroxyl groups excluding tert-OH is 2. The summed E-state index contributed by atoms with van der Waals surface area (Å²) in [6, 6.07) is 0. The number of rotatable bonds is 3. The summed E-state index contributed by atoms with van der Waals surface area (Å²) in [6.07, 6.45) is 2.79. The lowest BCUT2D eigenvalue weighted by Crippen LogP contribution is -1.85. The Hall–Kier alpha value is -0.490. The van der Waals surface area contributed by atoms with Gasteiger partial charge in [0.2, 0.25) is 0 Å². The summed E-state index contributed by atoms with van der Waals surface area (Å²) >= 11 is 0. The molecular formula is C8H19O6P. The molecule has 0 aliphatic carbocycles. The van der Waals surface area contributed by atoms with Crippen LogP contribution in [0.5, 0.6) is 0 Å². The lowest BCUT2D eigenvalue weighted by molar-refractivity contribution is 0.186. The molecule has 92 valence electrons. The van der Waals surface area contributed by atoms with E-state index in [-0.39, 0.29) is 13.2 Å². The largest absolute Gasteiger partial charge is 0.466 e. The third-order valence-corrected chi connectivity index (χ3v) is 0.593. The Morgan fingerprint density at radius 3 is 1.53 bits per heavy atom. The van der Waals surface area contributed by atoms with Gasteiger partial charge in [0.1, 0.15) is 0 Å². The van der Waals surface area contributed by atoms with Crippen molar-refractivity contribution >= 4 is 7.82 Å². The Bertz CT molecular complexity index is 187. The zero-order valence-corrected chi connectivity index (χ0v) is 9.60. The molecule has 15 heavy (non-hydrogen) atoms. The van der Waals surface area contributed by atoms with E-state index in [9.17, 15) is 0 Å². The second-order valence-electron chi connectivity index (χ2n) is 2.41. The highest BCUT2D eigenvalue weighted by molar-refractivity contribution is 7.45. The maximum atomic E-state index is 8.88. The Balaban J connectivity index is -0.000000147. The molecule has 0 aliphatic heterocycles. The van der Waals surface area contributed by atoms with Crippen LogP contribution in [0.3, 0.4) is 0 Å². The monoisotopic (exact) mass is 242 g/mol. The Labute approximate surface area is 89.4 Å². The van der Waals surface area contributed by atoms with E-state index >= 15 is 0 Å². The van der Waals surface area contributed by atoms with Crippen LogP contribution in [0.15, 0.2) is 24.8 Å². The lowest BCUT2D eigenvalue weighted by Gasteiger charge is -1.82. The van der Waals surface area contributed by atoms with E-state index in [1.54, 1.807) is 0 Å². The van der Waals surface area contributed by atoms with Gasteiger partial charge in [-0.2, -0.15) is 0 Å². The van der Waals surface area contributed by atoms with Crippen LogP contribution in [0.4, 0.5) is 0 Å². The van der Waals surface area contributed by atoms with Crippen LogP contribution in [0.25, 0.3) is 0 Å². The summed E-state index contributed by atoms with van der Waals surface area (Å²) in [5.74, 6) is 0. The van der Waals surface area contributed by atoms with Gasteiger partial charge < -0.3 is 24.9 Å². The van der Waals surface area contributed by atoms with E-state index in [0.29, 0.717) is 0 Å². The van der Waals surface area contributed by atoms with Gasteiger partial charge in [-0.15, -0.1) is 6.58 Å². The van der Waals surface area contributed by atoms with Crippen LogP contribution < -0.4 is 0 Å². The minimum atomic E-state index is -4.64. The molecule has 0 heterocycles. The number of hydrogen-bond acceptors (Lipinski definition) is 3. The highest BCUT2D eigenvalue weighted by Crippen LogP contribution is 2.25. The van der Waals surface area contributed by atoms with Crippen molar-refractivity contribution in [3.05, 3.63) is 24.8 Å². The van der Waals surface area contributed by atoms with Crippen molar-refractivity contribution < 1.29 is 29.5 Å². The van der Waals surface area contributed by atoms with Crippen LogP contribution in [0, 0.1) is 0 Å². The Kier molecular flexibility index (Phi) is 18.0. The molecule has 0 spiro atoms. The third-order valence-electron chi connectivity index (χ3n) is 0.593. The summed E-state index contributed by atoms with van der Waals surface area (Å²) in [5.41, 5.74) is 1.17. The predicted octanol–water partition coefficient (Wildman–Crippen LogP) is 0.181. The average Bonchev–Trinajstić information content (AvgIpc) is 2.01. The van der Waals surface area contributed by atoms with Crippen LogP contribution in [0.2, 0.25) is 0 Å². The van der Waals surface area contributed by atoms with Gasteiger partial charge in [0, 0.05) is 0 Å². The predicted molar refractivity (Wildman–Crippen MR) is 58.1 cm³/mol. The summed E-state index contributed by atoms with van der Waals surface area (Å²) in [6.45, 7) is 8.95. The summed E-state index contributed by atoms with van der Waals surface area (Å²) < 4.78 is 8.88. The third kappa shape index (κ3) is 145. The molecule has 0 aliphatic rings. The summed E-state index contributed by atoms with van der Waals surface area (Å²) in [7, 11) is -4.64. The molecule has 0 saturated carbocycles. The molecule has 0 fully saturated rings. The van der Waals surface area contributed by atoms with E-state index in [2.05, 4.69) is 13.2 Å². The fraction of sp³-hybridized carbons (Fsp3) is 0.500. The van der Waals surface area contributed by atoms with Gasteiger partial charge in [-0.3, -0.25) is 0 Å². The molecule has 7 heteroatoms. The quantitative estimate of drug-likeness (QED) is 0.356. The fourth-order valence-electron chi connectivity index (χ4n) is 0.246. The first-order chi connectivity index (χ1) is 6.68. The van der Waals surface area contributed by atoms with Crippen molar-refractivity contribution in [1.29, 1.82) is 0 Å². The Morgan fingerprint density at radius 1 is 1.27 bits per heavy atom. The molecule has 0 aromatic rings.